The molecule has 0 unspecified atom stereocenters. The fourth-order valence-corrected chi connectivity index (χ4v) is 5.62. The first-order chi connectivity index (χ1) is 16.5. The molecule has 7 nitrogen and oxygen atoms in total. The maximum absolute atomic E-state index is 11.9. The number of carboxylic acids is 1. The number of benzene rings is 2. The molecule has 0 radical (unpaired) electrons. The number of nitrogens with one attached hydrogen (secondary N) is 1. The molecule has 0 aliphatic heterocycles. The summed E-state index contributed by atoms with van der Waals surface area (Å²) in [6, 6.07) is 16.0. The molecule has 0 saturated carbocycles. The van der Waals surface area contributed by atoms with Crippen LogP contribution in [-0.4, -0.2) is 30.0 Å². The topological polar surface area (TPSA) is 101 Å². The molecule has 0 spiro atoms. The normalized spacial score (nSPS) is 11.4. The summed E-state index contributed by atoms with van der Waals surface area (Å²) in [6.07, 6.45) is 1.72. The van der Waals surface area contributed by atoms with Crippen LogP contribution in [0.25, 0.3) is 33.5 Å². The van der Waals surface area contributed by atoms with Crippen LogP contribution in [0.5, 0.6) is 0 Å². The number of aromatic amines is 1. The van der Waals surface area contributed by atoms with Crippen LogP contribution in [0.1, 0.15) is 39.3 Å². The molecule has 0 amide bonds. The highest BCUT2D eigenvalue weighted by atomic mass is 32.1. The number of hydrogen-bond acceptors (Lipinski definition) is 6. The second-order valence-corrected chi connectivity index (χ2v) is 10.0. The van der Waals surface area contributed by atoms with Gasteiger partial charge in [0.05, 0.1) is 5.52 Å². The molecule has 0 saturated heterocycles. The third-order valence-electron chi connectivity index (χ3n) is 5.74. The zero-order valence-electron chi connectivity index (χ0n) is 18.7. The number of aromatic nitrogens is 4. The van der Waals surface area contributed by atoms with Crippen LogP contribution in [0.4, 0.5) is 0 Å². The van der Waals surface area contributed by atoms with Crippen molar-refractivity contribution in [3.63, 3.8) is 0 Å². The number of imidazole rings is 1. The largest absolute Gasteiger partial charge is 0.477 e. The fraction of sp³-hybridized carbons (Fsp3) is 0.200. The average Bonchev–Trinajstić information content (AvgIpc) is 3.51. The number of rotatable bonds is 7. The SMILES string of the molecule is CCCc1nc2c(C)sc(C(=O)O)c2n1Cc1ccc(-c2ccccc2-c2nc(=O)s[nH]2)cc1. The number of carbonyl (C=O) groups is 1. The van der Waals surface area contributed by atoms with E-state index in [0.29, 0.717) is 22.8 Å². The number of H-pyrrole nitrogens is 1. The van der Waals surface area contributed by atoms with Crippen molar-refractivity contribution in [3.8, 4) is 22.5 Å². The van der Waals surface area contributed by atoms with Gasteiger partial charge in [0.1, 0.15) is 16.2 Å². The first-order valence-electron chi connectivity index (χ1n) is 10.9. The molecule has 0 aliphatic rings. The van der Waals surface area contributed by atoms with E-state index in [1.807, 2.05) is 43.3 Å². The molecule has 2 aromatic carbocycles. The van der Waals surface area contributed by atoms with E-state index in [-0.39, 0.29) is 4.87 Å². The van der Waals surface area contributed by atoms with Crippen molar-refractivity contribution < 1.29 is 9.90 Å². The standard InChI is InChI=1S/C25H22N4O3S2/c1-3-6-19-26-20-14(2)33-22(24(30)31)21(20)29(19)13-15-9-11-16(12-10-15)17-7-4-5-8-18(17)23-27-25(32)34-28-23/h4-5,7-12H,3,6,13H2,1-2H3,(H,30,31)(H,27,28,32). The van der Waals surface area contributed by atoms with E-state index in [2.05, 4.69) is 33.0 Å². The minimum Gasteiger partial charge on any atom is -0.477 e. The molecule has 0 bridgehead atoms. The smallest absolute Gasteiger partial charge is 0.348 e. The summed E-state index contributed by atoms with van der Waals surface area (Å²) in [4.78, 5) is 33.3. The molecule has 0 aliphatic carbocycles. The minimum atomic E-state index is -0.917. The molecule has 5 rings (SSSR count). The van der Waals surface area contributed by atoms with E-state index in [0.717, 1.165) is 62.8 Å². The zero-order valence-corrected chi connectivity index (χ0v) is 20.3. The van der Waals surface area contributed by atoms with Gasteiger partial charge in [-0.1, -0.05) is 55.5 Å². The van der Waals surface area contributed by atoms with E-state index in [1.165, 1.54) is 11.3 Å². The van der Waals surface area contributed by atoms with Gasteiger partial charge >= 0.3 is 10.8 Å². The highest BCUT2D eigenvalue weighted by Gasteiger charge is 2.22. The summed E-state index contributed by atoms with van der Waals surface area (Å²) < 4.78 is 5.04. The number of nitrogens with zero attached hydrogens (tertiary/aromatic N) is 3. The second-order valence-electron chi connectivity index (χ2n) is 8.03. The average molecular weight is 491 g/mol. The summed E-state index contributed by atoms with van der Waals surface area (Å²) >= 11 is 2.26. The summed E-state index contributed by atoms with van der Waals surface area (Å²) in [6.45, 7) is 4.57. The van der Waals surface area contributed by atoms with Gasteiger partial charge in [-0.3, -0.25) is 9.17 Å². The van der Waals surface area contributed by atoms with Crippen molar-refractivity contribution in [1.82, 2.24) is 18.9 Å². The van der Waals surface area contributed by atoms with Crippen molar-refractivity contribution in [3.05, 3.63) is 79.3 Å². The van der Waals surface area contributed by atoms with Gasteiger partial charge in [-0.15, -0.1) is 11.3 Å². The summed E-state index contributed by atoms with van der Waals surface area (Å²) in [5.41, 5.74) is 5.41. The van der Waals surface area contributed by atoms with Crippen LogP contribution in [0.2, 0.25) is 0 Å². The van der Waals surface area contributed by atoms with E-state index < -0.39 is 5.97 Å². The van der Waals surface area contributed by atoms with Crippen molar-refractivity contribution >= 4 is 39.9 Å². The lowest BCUT2D eigenvalue weighted by Gasteiger charge is -2.11. The Kier molecular flexibility index (Phi) is 5.89. The van der Waals surface area contributed by atoms with Gasteiger partial charge in [0.15, 0.2) is 5.82 Å². The number of hydrogen-bond donors (Lipinski definition) is 2. The Morgan fingerprint density at radius 3 is 2.47 bits per heavy atom. The van der Waals surface area contributed by atoms with E-state index >= 15 is 0 Å². The van der Waals surface area contributed by atoms with Crippen molar-refractivity contribution in [1.29, 1.82) is 0 Å². The summed E-state index contributed by atoms with van der Waals surface area (Å²) in [5.74, 6) is 0.556. The van der Waals surface area contributed by atoms with Crippen molar-refractivity contribution in [2.45, 2.75) is 33.2 Å². The molecule has 9 heteroatoms. The lowest BCUT2D eigenvalue weighted by molar-refractivity contribution is 0.0703. The van der Waals surface area contributed by atoms with E-state index in [1.54, 1.807) is 0 Å². The minimum absolute atomic E-state index is 0.251. The van der Waals surface area contributed by atoms with Crippen LogP contribution >= 0.6 is 22.9 Å². The summed E-state index contributed by atoms with van der Waals surface area (Å²) in [7, 11) is 0. The molecule has 172 valence electrons. The highest BCUT2D eigenvalue weighted by molar-refractivity contribution is 7.15. The van der Waals surface area contributed by atoms with Gasteiger partial charge in [0.2, 0.25) is 0 Å². The number of aryl methyl sites for hydroxylation is 2. The number of fused-ring (bicyclic) bond motifs is 1. The molecule has 5 aromatic rings. The molecule has 2 N–H and O–H groups in total. The first-order valence-corrected chi connectivity index (χ1v) is 12.6. The van der Waals surface area contributed by atoms with Crippen LogP contribution in [0.3, 0.4) is 0 Å². The number of carboxylic acid groups (broad SMARTS) is 1. The predicted molar refractivity (Wildman–Crippen MR) is 136 cm³/mol. The zero-order chi connectivity index (χ0) is 23.8. The summed E-state index contributed by atoms with van der Waals surface area (Å²) in [5, 5.41) is 9.75. The number of thiophene rings is 1. The van der Waals surface area contributed by atoms with Crippen LogP contribution in [0, 0.1) is 6.92 Å². The van der Waals surface area contributed by atoms with E-state index in [4.69, 9.17) is 4.98 Å². The van der Waals surface area contributed by atoms with Gasteiger partial charge in [-0.25, -0.2) is 9.78 Å². The highest BCUT2D eigenvalue weighted by Crippen LogP contribution is 2.33. The van der Waals surface area contributed by atoms with Gasteiger partial charge in [0, 0.05) is 34.9 Å². The van der Waals surface area contributed by atoms with Gasteiger partial charge in [-0.2, -0.15) is 4.98 Å². The molecular weight excluding hydrogens is 468 g/mol. The first kappa shape index (κ1) is 22.2. The van der Waals surface area contributed by atoms with Gasteiger partial charge in [0.25, 0.3) is 0 Å². The van der Waals surface area contributed by atoms with Crippen molar-refractivity contribution in [2.24, 2.45) is 0 Å². The van der Waals surface area contributed by atoms with Crippen molar-refractivity contribution in [2.75, 3.05) is 0 Å². The molecule has 0 atom stereocenters. The Bertz CT molecular complexity index is 1560. The number of aromatic carboxylic acids is 1. The maximum atomic E-state index is 11.9. The van der Waals surface area contributed by atoms with Crippen LogP contribution < -0.4 is 4.87 Å². The molecule has 0 fully saturated rings. The van der Waals surface area contributed by atoms with Gasteiger partial charge in [-0.05, 0) is 30.0 Å². The Morgan fingerprint density at radius 2 is 1.82 bits per heavy atom. The van der Waals surface area contributed by atoms with Crippen LogP contribution in [0.15, 0.2) is 53.3 Å². The van der Waals surface area contributed by atoms with E-state index in [9.17, 15) is 14.7 Å². The third-order valence-corrected chi connectivity index (χ3v) is 7.38. The molecule has 34 heavy (non-hydrogen) atoms. The van der Waals surface area contributed by atoms with Crippen LogP contribution in [-0.2, 0) is 13.0 Å². The quantitative estimate of drug-likeness (QED) is 0.310. The predicted octanol–water partition coefficient (Wildman–Crippen LogP) is 5.58. The third kappa shape index (κ3) is 3.97. The molecule has 3 aromatic heterocycles. The molecule has 3 heterocycles. The lowest BCUT2D eigenvalue weighted by atomic mass is 9.98. The second kappa shape index (κ2) is 9.00. The Labute approximate surface area is 203 Å². The Balaban J connectivity index is 1.52. The fourth-order valence-electron chi connectivity index (χ4n) is 4.21. The van der Waals surface area contributed by atoms with Gasteiger partial charge < -0.3 is 9.67 Å². The molecular formula is C25H22N4O3S2. The maximum Gasteiger partial charge on any atom is 0.348 e. The Morgan fingerprint density at radius 1 is 1.09 bits per heavy atom. The Hall–Kier alpha value is -3.56. The lowest BCUT2D eigenvalue weighted by Crippen LogP contribution is -2.07. The monoisotopic (exact) mass is 490 g/mol.